The molecule has 27 heavy (non-hydrogen) atoms. The molecule has 6 heteroatoms. The summed E-state index contributed by atoms with van der Waals surface area (Å²) in [7, 11) is 3.63. The highest BCUT2D eigenvalue weighted by Crippen LogP contribution is 2.31. The lowest BCUT2D eigenvalue weighted by molar-refractivity contribution is -0.142. The van der Waals surface area contributed by atoms with Gasteiger partial charge in [-0.05, 0) is 37.6 Å². The van der Waals surface area contributed by atoms with Crippen LogP contribution in [-0.2, 0) is 16.9 Å². The van der Waals surface area contributed by atoms with E-state index in [0.29, 0.717) is 6.54 Å². The fourth-order valence-corrected chi connectivity index (χ4v) is 4.08. The Labute approximate surface area is 159 Å². The summed E-state index contributed by atoms with van der Waals surface area (Å²) in [6, 6.07) is 14.2. The molecule has 2 aromatic heterocycles. The van der Waals surface area contributed by atoms with Crippen LogP contribution in [0.2, 0.25) is 0 Å². The third-order valence-electron chi connectivity index (χ3n) is 5.34. The highest BCUT2D eigenvalue weighted by Gasteiger charge is 2.45. The van der Waals surface area contributed by atoms with E-state index in [0.717, 1.165) is 42.5 Å². The quantitative estimate of drug-likeness (QED) is 0.715. The van der Waals surface area contributed by atoms with Gasteiger partial charge in [0.2, 0.25) is 0 Å². The van der Waals surface area contributed by atoms with E-state index in [1.165, 1.54) is 0 Å². The van der Waals surface area contributed by atoms with Crippen molar-refractivity contribution in [2.45, 2.75) is 24.9 Å². The number of hydrogen-bond donors (Lipinski definition) is 0. The molecule has 0 spiro atoms. The van der Waals surface area contributed by atoms with Crippen LogP contribution in [0.4, 0.5) is 0 Å². The summed E-state index contributed by atoms with van der Waals surface area (Å²) in [5.74, 6) is 0.0994. The Morgan fingerprint density at radius 3 is 2.81 bits per heavy atom. The second kappa shape index (κ2) is 7.12. The average molecular weight is 363 g/mol. The molecule has 1 aliphatic rings. The fraction of sp³-hybridized carbons (Fsp3) is 0.381. The lowest BCUT2D eigenvalue weighted by Crippen LogP contribution is -2.58. The number of likely N-dealkylation sites (tertiary alicyclic amines) is 1. The zero-order valence-electron chi connectivity index (χ0n) is 15.9. The molecular formula is C21H25N5O. The third-order valence-corrected chi connectivity index (χ3v) is 5.34. The highest BCUT2D eigenvalue weighted by atomic mass is 16.2. The number of rotatable bonds is 4. The van der Waals surface area contributed by atoms with E-state index in [1.54, 1.807) is 11.1 Å². The predicted octanol–water partition coefficient (Wildman–Crippen LogP) is 2.51. The van der Waals surface area contributed by atoms with Gasteiger partial charge in [-0.25, -0.2) is 0 Å². The van der Waals surface area contributed by atoms with E-state index in [-0.39, 0.29) is 5.91 Å². The lowest BCUT2D eigenvalue weighted by Gasteiger charge is -2.42. The molecule has 0 N–H and O–H groups in total. The summed E-state index contributed by atoms with van der Waals surface area (Å²) in [6.45, 7) is 2.33. The van der Waals surface area contributed by atoms with Crippen molar-refractivity contribution in [3.63, 3.8) is 0 Å². The summed E-state index contributed by atoms with van der Waals surface area (Å²) < 4.78 is 1.84. The van der Waals surface area contributed by atoms with Gasteiger partial charge >= 0.3 is 0 Å². The van der Waals surface area contributed by atoms with Crippen molar-refractivity contribution in [1.82, 2.24) is 24.6 Å². The molecule has 1 atom stereocenters. The molecule has 0 bridgehead atoms. The minimum atomic E-state index is -0.651. The topological polar surface area (TPSA) is 54.3 Å². The molecule has 1 amide bonds. The molecule has 1 unspecified atom stereocenters. The standard InChI is InChI=1S/C21H25N5O/c1-24(2)20(27)21(26-14-6-12-22-26)11-5-13-25(16-21)15-18-10-9-17-7-3-4-8-19(17)23-18/h3-4,6-10,12,14H,5,11,13,15-16H2,1-2H3. The van der Waals surface area contributed by atoms with E-state index >= 15 is 0 Å². The molecule has 1 aromatic carbocycles. The van der Waals surface area contributed by atoms with E-state index < -0.39 is 5.54 Å². The Morgan fingerprint density at radius 1 is 1.19 bits per heavy atom. The van der Waals surface area contributed by atoms with Gasteiger partial charge in [-0.2, -0.15) is 5.10 Å². The largest absolute Gasteiger partial charge is 0.347 e. The second-order valence-corrected chi connectivity index (χ2v) is 7.49. The molecule has 140 valence electrons. The number of hydrogen-bond acceptors (Lipinski definition) is 4. The van der Waals surface area contributed by atoms with Crippen molar-refractivity contribution in [2.24, 2.45) is 0 Å². The first kappa shape index (κ1) is 17.7. The van der Waals surface area contributed by atoms with Gasteiger partial charge in [-0.1, -0.05) is 24.3 Å². The van der Waals surface area contributed by atoms with Crippen LogP contribution in [-0.4, -0.2) is 57.7 Å². The molecule has 1 fully saturated rings. The van der Waals surface area contributed by atoms with Gasteiger partial charge in [0.15, 0.2) is 5.54 Å². The van der Waals surface area contributed by atoms with Crippen LogP contribution < -0.4 is 0 Å². The molecule has 0 saturated carbocycles. The number of para-hydroxylation sites is 1. The predicted molar refractivity (Wildman–Crippen MR) is 105 cm³/mol. The van der Waals surface area contributed by atoms with Crippen LogP contribution in [0.25, 0.3) is 10.9 Å². The van der Waals surface area contributed by atoms with Gasteiger partial charge in [0.25, 0.3) is 5.91 Å². The number of piperidine rings is 1. The number of amides is 1. The molecule has 1 aliphatic heterocycles. The number of carbonyl (C=O) groups excluding carboxylic acids is 1. The van der Waals surface area contributed by atoms with E-state index in [4.69, 9.17) is 4.98 Å². The highest BCUT2D eigenvalue weighted by molar-refractivity contribution is 5.84. The first-order valence-electron chi connectivity index (χ1n) is 9.37. The van der Waals surface area contributed by atoms with Crippen molar-refractivity contribution in [3.8, 4) is 0 Å². The van der Waals surface area contributed by atoms with Crippen LogP contribution in [0, 0.1) is 0 Å². The van der Waals surface area contributed by atoms with Crippen LogP contribution in [0.1, 0.15) is 18.5 Å². The number of nitrogens with zero attached hydrogens (tertiary/aromatic N) is 5. The molecule has 0 aliphatic carbocycles. The fourth-order valence-electron chi connectivity index (χ4n) is 4.08. The smallest absolute Gasteiger partial charge is 0.251 e. The number of fused-ring (bicyclic) bond motifs is 1. The van der Waals surface area contributed by atoms with Crippen molar-refractivity contribution < 1.29 is 4.79 Å². The minimum Gasteiger partial charge on any atom is -0.347 e. The zero-order valence-corrected chi connectivity index (χ0v) is 15.9. The Morgan fingerprint density at radius 2 is 2.04 bits per heavy atom. The number of carbonyl (C=O) groups is 1. The van der Waals surface area contributed by atoms with Gasteiger partial charge in [0.1, 0.15) is 0 Å². The van der Waals surface area contributed by atoms with Crippen molar-refractivity contribution in [2.75, 3.05) is 27.2 Å². The van der Waals surface area contributed by atoms with Crippen molar-refractivity contribution in [1.29, 1.82) is 0 Å². The van der Waals surface area contributed by atoms with Crippen molar-refractivity contribution >= 4 is 16.8 Å². The lowest BCUT2D eigenvalue weighted by atomic mass is 9.87. The number of aromatic nitrogens is 3. The monoisotopic (exact) mass is 363 g/mol. The molecule has 4 rings (SSSR count). The maximum Gasteiger partial charge on any atom is 0.251 e. The van der Waals surface area contributed by atoms with Gasteiger partial charge in [-0.15, -0.1) is 0 Å². The van der Waals surface area contributed by atoms with E-state index in [2.05, 4.69) is 28.2 Å². The molecule has 6 nitrogen and oxygen atoms in total. The Kier molecular flexibility index (Phi) is 4.66. The van der Waals surface area contributed by atoms with Gasteiger partial charge in [0, 0.05) is 45.0 Å². The number of benzene rings is 1. The van der Waals surface area contributed by atoms with Gasteiger partial charge < -0.3 is 4.90 Å². The van der Waals surface area contributed by atoms with Gasteiger partial charge in [-0.3, -0.25) is 19.4 Å². The normalized spacial score (nSPS) is 20.7. The first-order valence-corrected chi connectivity index (χ1v) is 9.37. The number of pyridine rings is 1. The van der Waals surface area contributed by atoms with Crippen LogP contribution in [0.5, 0.6) is 0 Å². The first-order chi connectivity index (χ1) is 13.1. The molecule has 3 heterocycles. The van der Waals surface area contributed by atoms with Crippen LogP contribution in [0.3, 0.4) is 0 Å². The molecular weight excluding hydrogens is 338 g/mol. The Hall–Kier alpha value is -2.73. The summed E-state index contributed by atoms with van der Waals surface area (Å²) in [5, 5.41) is 5.57. The van der Waals surface area contributed by atoms with Crippen molar-refractivity contribution in [3.05, 3.63) is 60.6 Å². The molecule has 0 radical (unpaired) electrons. The maximum atomic E-state index is 13.1. The molecule has 3 aromatic rings. The maximum absolute atomic E-state index is 13.1. The number of likely N-dealkylation sites (N-methyl/N-ethyl adjacent to an activating group) is 1. The van der Waals surface area contributed by atoms with Crippen LogP contribution >= 0.6 is 0 Å². The second-order valence-electron chi connectivity index (χ2n) is 7.49. The third kappa shape index (κ3) is 3.32. The summed E-state index contributed by atoms with van der Waals surface area (Å²) in [6.07, 6.45) is 5.40. The SMILES string of the molecule is CN(C)C(=O)C1(n2cccn2)CCCN(Cc2ccc3ccccc3n2)C1. The average Bonchev–Trinajstić information content (AvgIpc) is 3.23. The summed E-state index contributed by atoms with van der Waals surface area (Å²) >= 11 is 0. The van der Waals surface area contributed by atoms with Gasteiger partial charge in [0.05, 0.1) is 11.2 Å². The summed E-state index contributed by atoms with van der Waals surface area (Å²) in [5.41, 5.74) is 1.39. The Balaban J connectivity index is 1.61. The van der Waals surface area contributed by atoms with E-state index in [1.807, 2.05) is 49.2 Å². The zero-order chi connectivity index (χ0) is 18.9. The molecule has 1 saturated heterocycles. The minimum absolute atomic E-state index is 0.0994. The van der Waals surface area contributed by atoms with Crippen LogP contribution in [0.15, 0.2) is 54.9 Å². The Bertz CT molecular complexity index is 937. The van der Waals surface area contributed by atoms with E-state index in [9.17, 15) is 4.79 Å². The summed E-state index contributed by atoms with van der Waals surface area (Å²) in [4.78, 5) is 21.9.